The molecule has 1 amide bonds. The van der Waals surface area contributed by atoms with Gasteiger partial charge < -0.3 is 5.32 Å². The zero-order valence-corrected chi connectivity index (χ0v) is 20.9. The Morgan fingerprint density at radius 3 is 2.43 bits per heavy atom. The molecule has 5 rings (SSSR count). The topological polar surface area (TPSA) is 46.2 Å². The number of nitrogens with one attached hydrogen (secondary N) is 1. The average Bonchev–Trinajstić information content (AvgIpc) is 3.16. The fourth-order valence-corrected chi connectivity index (χ4v) is 8.57. The lowest BCUT2D eigenvalue weighted by Crippen LogP contribution is -2.53. The van der Waals surface area contributed by atoms with Crippen LogP contribution in [0.1, 0.15) is 77.7 Å². The minimum Gasteiger partial charge on any atom is -0.326 e. The monoisotopic (exact) mass is 487 g/mol. The highest BCUT2D eigenvalue weighted by atomic mass is 19.4. The summed E-state index contributed by atoms with van der Waals surface area (Å²) in [6.07, 6.45) is 5.20. The number of fused-ring (bicyclic) bond motifs is 5. The molecule has 0 bridgehead atoms. The van der Waals surface area contributed by atoms with Gasteiger partial charge in [-0.3, -0.25) is 9.59 Å². The Bertz CT molecular complexity index is 1050. The molecule has 3 nitrogen and oxygen atoms in total. The van der Waals surface area contributed by atoms with Crippen LogP contribution in [0.4, 0.5) is 18.9 Å². The third kappa shape index (κ3) is 3.95. The fraction of sp³-hybridized carbons (Fsp3) is 0.655. The standard InChI is InChI=1S/C29H36F3NO2/c1-4-17-15-21-22-9-10-24(26(35)33-19-7-5-18(6-8-19)29(30,31)32)27(22,2)14-12-23(21)28(3)13-11-20(34)16-25(17)28/h5-8,16-17,21-24H,4,9-15H2,1-3H3,(H,33,35)/t17-,21+,22+,23+,24-,27+,28-/m1/s1. The second kappa shape index (κ2) is 8.48. The third-order valence-corrected chi connectivity index (χ3v) is 10.4. The zero-order chi connectivity index (χ0) is 25.2. The van der Waals surface area contributed by atoms with E-state index < -0.39 is 11.7 Å². The summed E-state index contributed by atoms with van der Waals surface area (Å²) in [6, 6.07) is 4.73. The van der Waals surface area contributed by atoms with Gasteiger partial charge in [0.05, 0.1) is 5.56 Å². The van der Waals surface area contributed by atoms with Crippen LogP contribution >= 0.6 is 0 Å². The number of carbonyl (C=O) groups excluding carboxylic acids is 2. The van der Waals surface area contributed by atoms with Crippen molar-refractivity contribution in [3.63, 3.8) is 0 Å². The number of carbonyl (C=O) groups is 2. The van der Waals surface area contributed by atoms with Crippen LogP contribution in [-0.4, -0.2) is 11.7 Å². The molecule has 1 aromatic carbocycles. The number of rotatable bonds is 3. The number of alkyl halides is 3. The zero-order valence-electron chi connectivity index (χ0n) is 20.9. The molecule has 0 spiro atoms. The van der Waals surface area contributed by atoms with E-state index in [1.54, 1.807) is 0 Å². The van der Waals surface area contributed by atoms with E-state index in [1.165, 1.54) is 17.7 Å². The van der Waals surface area contributed by atoms with Gasteiger partial charge in [0.15, 0.2) is 5.78 Å². The lowest BCUT2D eigenvalue weighted by Gasteiger charge is -2.59. The molecule has 1 aromatic rings. The Hall–Kier alpha value is -2.11. The van der Waals surface area contributed by atoms with Gasteiger partial charge in [-0.05, 0) is 110 Å². The van der Waals surface area contributed by atoms with E-state index in [0.29, 0.717) is 35.8 Å². The number of hydrogen-bond donors (Lipinski definition) is 1. The normalized spacial score (nSPS) is 38.7. The van der Waals surface area contributed by atoms with Crippen LogP contribution < -0.4 is 5.32 Å². The molecule has 3 fully saturated rings. The van der Waals surface area contributed by atoms with Crippen molar-refractivity contribution >= 4 is 17.4 Å². The molecule has 0 aromatic heterocycles. The molecule has 1 N–H and O–H groups in total. The van der Waals surface area contributed by atoms with Crippen molar-refractivity contribution in [2.24, 2.45) is 40.4 Å². The van der Waals surface area contributed by atoms with Gasteiger partial charge in [0.1, 0.15) is 0 Å². The van der Waals surface area contributed by atoms with E-state index in [1.807, 2.05) is 6.08 Å². The number of allylic oxidation sites excluding steroid dienone is 1. The van der Waals surface area contributed by atoms with Gasteiger partial charge in [-0.2, -0.15) is 13.2 Å². The SMILES string of the molecule is CC[C@@H]1C[C@H]2[C@@H]3CC[C@H](C(=O)Nc4ccc(C(F)(F)F)cc4)[C@@]3(C)CC[C@@H]2[C@@]2(C)CCC(=O)C=C12. The highest BCUT2D eigenvalue weighted by molar-refractivity contribution is 5.93. The van der Waals surface area contributed by atoms with Crippen molar-refractivity contribution in [3.05, 3.63) is 41.5 Å². The van der Waals surface area contributed by atoms with Gasteiger partial charge in [0.2, 0.25) is 5.91 Å². The summed E-state index contributed by atoms with van der Waals surface area (Å²) in [5, 5.41) is 2.92. The quantitative estimate of drug-likeness (QED) is 0.482. The first-order valence-corrected chi connectivity index (χ1v) is 13.2. The molecule has 0 unspecified atom stereocenters. The summed E-state index contributed by atoms with van der Waals surface area (Å²) in [7, 11) is 0. The lowest BCUT2D eigenvalue weighted by molar-refractivity contribution is -0.137. The number of halogens is 3. The second-order valence-corrected chi connectivity index (χ2v) is 11.9. The number of hydrogen-bond acceptors (Lipinski definition) is 2. The van der Waals surface area contributed by atoms with Crippen LogP contribution in [0.5, 0.6) is 0 Å². The first kappa shape index (κ1) is 24.6. The van der Waals surface area contributed by atoms with E-state index in [4.69, 9.17) is 0 Å². The van der Waals surface area contributed by atoms with E-state index >= 15 is 0 Å². The number of amides is 1. The van der Waals surface area contributed by atoms with Crippen molar-refractivity contribution in [2.75, 3.05) is 5.32 Å². The van der Waals surface area contributed by atoms with Crippen molar-refractivity contribution in [1.82, 2.24) is 0 Å². The molecule has 4 aliphatic carbocycles. The Morgan fingerprint density at radius 1 is 1.06 bits per heavy atom. The summed E-state index contributed by atoms with van der Waals surface area (Å²) < 4.78 is 38.7. The van der Waals surface area contributed by atoms with Crippen LogP contribution in [-0.2, 0) is 15.8 Å². The number of anilines is 1. The molecule has 7 atom stereocenters. The van der Waals surface area contributed by atoms with Crippen LogP contribution in [0, 0.1) is 40.4 Å². The van der Waals surface area contributed by atoms with E-state index in [2.05, 4.69) is 26.1 Å². The summed E-state index contributed by atoms with van der Waals surface area (Å²) in [6.45, 7) is 6.89. The molecule has 190 valence electrons. The molecule has 0 heterocycles. The molecule has 4 aliphatic rings. The second-order valence-electron chi connectivity index (χ2n) is 11.9. The molecule has 0 aliphatic heterocycles. The third-order valence-electron chi connectivity index (χ3n) is 10.4. The van der Waals surface area contributed by atoms with Gasteiger partial charge in [-0.1, -0.05) is 26.3 Å². The highest BCUT2D eigenvalue weighted by Gasteiger charge is 2.61. The van der Waals surface area contributed by atoms with Gasteiger partial charge in [-0.25, -0.2) is 0 Å². The maximum absolute atomic E-state index is 13.4. The number of benzene rings is 1. The number of ketones is 1. The van der Waals surface area contributed by atoms with E-state index in [-0.39, 0.29) is 28.4 Å². The molecule has 35 heavy (non-hydrogen) atoms. The smallest absolute Gasteiger partial charge is 0.326 e. The predicted molar refractivity (Wildman–Crippen MR) is 129 cm³/mol. The maximum atomic E-state index is 13.4. The van der Waals surface area contributed by atoms with Gasteiger partial charge >= 0.3 is 6.18 Å². The molecule has 3 saturated carbocycles. The highest BCUT2D eigenvalue weighted by Crippen LogP contribution is 2.67. The Balaban J connectivity index is 1.36. The maximum Gasteiger partial charge on any atom is 0.416 e. The molecular weight excluding hydrogens is 451 g/mol. The van der Waals surface area contributed by atoms with Gasteiger partial charge in [0, 0.05) is 18.0 Å². The van der Waals surface area contributed by atoms with E-state index in [0.717, 1.165) is 57.1 Å². The summed E-state index contributed by atoms with van der Waals surface area (Å²) >= 11 is 0. The molecule has 0 radical (unpaired) electrons. The van der Waals surface area contributed by atoms with Crippen LogP contribution in [0.25, 0.3) is 0 Å². The van der Waals surface area contributed by atoms with Crippen LogP contribution in [0.2, 0.25) is 0 Å². The minimum absolute atomic E-state index is 0.0638. The molecule has 6 heteroatoms. The average molecular weight is 488 g/mol. The Labute approximate surface area is 205 Å². The summed E-state index contributed by atoms with van der Waals surface area (Å²) in [4.78, 5) is 25.7. The van der Waals surface area contributed by atoms with Crippen molar-refractivity contribution in [3.8, 4) is 0 Å². The van der Waals surface area contributed by atoms with E-state index in [9.17, 15) is 22.8 Å². The first-order valence-electron chi connectivity index (χ1n) is 13.2. The minimum atomic E-state index is -4.39. The van der Waals surface area contributed by atoms with Crippen LogP contribution in [0.3, 0.4) is 0 Å². The first-order chi connectivity index (χ1) is 16.5. The van der Waals surface area contributed by atoms with Crippen LogP contribution in [0.15, 0.2) is 35.9 Å². The van der Waals surface area contributed by atoms with Crippen molar-refractivity contribution in [1.29, 1.82) is 0 Å². The molecular formula is C29H36F3NO2. The largest absolute Gasteiger partial charge is 0.416 e. The van der Waals surface area contributed by atoms with Crippen molar-refractivity contribution in [2.45, 2.75) is 78.3 Å². The molecule has 0 saturated heterocycles. The van der Waals surface area contributed by atoms with Gasteiger partial charge in [-0.15, -0.1) is 0 Å². The Morgan fingerprint density at radius 2 is 1.77 bits per heavy atom. The van der Waals surface area contributed by atoms with Gasteiger partial charge in [0.25, 0.3) is 0 Å². The predicted octanol–water partition coefficient (Wildman–Crippen LogP) is 7.43. The Kier molecular flexibility index (Phi) is 5.96. The fourth-order valence-electron chi connectivity index (χ4n) is 8.57. The summed E-state index contributed by atoms with van der Waals surface area (Å²) in [5.74, 6) is 2.09. The summed E-state index contributed by atoms with van der Waals surface area (Å²) in [5.41, 5.74) is 1.07. The van der Waals surface area contributed by atoms with Crippen molar-refractivity contribution < 1.29 is 22.8 Å². The lowest BCUT2D eigenvalue weighted by atomic mass is 9.45.